The Morgan fingerprint density at radius 3 is 2.45 bits per heavy atom. The molecule has 0 saturated heterocycles. The molecule has 1 aromatic heterocycles. The van der Waals surface area contributed by atoms with E-state index >= 15 is 0 Å². The first kappa shape index (κ1) is 14.4. The van der Waals surface area contributed by atoms with Gasteiger partial charge in [0.1, 0.15) is 5.82 Å². The van der Waals surface area contributed by atoms with E-state index in [1.165, 1.54) is 6.20 Å². The summed E-state index contributed by atoms with van der Waals surface area (Å²) in [5, 5.41) is 3.19. The molecule has 103 valence electrons. The molecule has 1 aromatic carbocycles. The number of pyridine rings is 1. The summed E-state index contributed by atoms with van der Waals surface area (Å²) in [5.74, 6) is 0.678. The van der Waals surface area contributed by atoms with E-state index < -0.39 is 10.0 Å². The molecule has 0 aliphatic heterocycles. The van der Waals surface area contributed by atoms with Crippen LogP contribution in [0.4, 0.5) is 17.2 Å². The van der Waals surface area contributed by atoms with Crippen LogP contribution in [-0.4, -0.2) is 26.9 Å². The summed E-state index contributed by atoms with van der Waals surface area (Å²) in [6.07, 6.45) is 2.60. The van der Waals surface area contributed by atoms with Gasteiger partial charge in [-0.25, -0.2) is 13.4 Å². The predicted octanol–water partition coefficient (Wildman–Crippen LogP) is 1.57. The van der Waals surface area contributed by atoms with Crippen molar-refractivity contribution < 1.29 is 8.42 Å². The van der Waals surface area contributed by atoms with Crippen LogP contribution in [0.2, 0.25) is 6.82 Å². The molecular weight excluding hydrogens is 273 g/mol. The molecule has 1 radical (unpaired) electrons. The molecule has 0 amide bonds. The number of hydrogen-bond acceptors (Lipinski definition) is 4. The number of sulfonamides is 1. The van der Waals surface area contributed by atoms with Crippen molar-refractivity contribution in [3.63, 3.8) is 0 Å². The van der Waals surface area contributed by atoms with E-state index in [-0.39, 0.29) is 0 Å². The SMILES string of the molecule is C[B]c1cc(NS(C)(=O)=O)cnc1Nc1ccccc1. The highest BCUT2D eigenvalue weighted by molar-refractivity contribution is 7.92. The monoisotopic (exact) mass is 288 g/mol. The van der Waals surface area contributed by atoms with Gasteiger partial charge in [0.2, 0.25) is 10.0 Å². The molecular formula is C13H15BN3O2S. The second kappa shape index (κ2) is 5.96. The van der Waals surface area contributed by atoms with Crippen molar-refractivity contribution >= 4 is 40.0 Å². The van der Waals surface area contributed by atoms with Crippen molar-refractivity contribution in [3.8, 4) is 0 Å². The zero-order chi connectivity index (χ0) is 14.6. The molecule has 1 heterocycles. The number of rotatable bonds is 5. The van der Waals surface area contributed by atoms with Gasteiger partial charge in [0.15, 0.2) is 7.28 Å². The third-order valence-corrected chi connectivity index (χ3v) is 3.17. The minimum absolute atomic E-state index is 0.444. The molecule has 0 spiro atoms. The Morgan fingerprint density at radius 1 is 1.15 bits per heavy atom. The van der Waals surface area contributed by atoms with Crippen molar-refractivity contribution in [3.05, 3.63) is 42.6 Å². The van der Waals surface area contributed by atoms with Gasteiger partial charge < -0.3 is 5.32 Å². The van der Waals surface area contributed by atoms with Gasteiger partial charge in [-0.1, -0.05) is 25.0 Å². The smallest absolute Gasteiger partial charge is 0.229 e. The number of nitrogens with one attached hydrogen (secondary N) is 2. The van der Waals surface area contributed by atoms with Gasteiger partial charge in [0.25, 0.3) is 0 Å². The summed E-state index contributed by atoms with van der Waals surface area (Å²) >= 11 is 0. The van der Waals surface area contributed by atoms with E-state index in [1.807, 2.05) is 44.4 Å². The highest BCUT2D eigenvalue weighted by atomic mass is 32.2. The lowest BCUT2D eigenvalue weighted by Crippen LogP contribution is -2.19. The van der Waals surface area contributed by atoms with E-state index in [4.69, 9.17) is 0 Å². The molecule has 2 aromatic rings. The molecule has 0 aliphatic carbocycles. The summed E-state index contributed by atoms with van der Waals surface area (Å²) in [6.45, 7) is 1.87. The molecule has 20 heavy (non-hydrogen) atoms. The number of para-hydroxylation sites is 1. The molecule has 5 nitrogen and oxygen atoms in total. The fourth-order valence-corrected chi connectivity index (χ4v) is 2.27. The number of aromatic nitrogens is 1. The van der Waals surface area contributed by atoms with Crippen molar-refractivity contribution in [2.75, 3.05) is 16.3 Å². The maximum Gasteiger partial charge on any atom is 0.229 e. The van der Waals surface area contributed by atoms with E-state index in [2.05, 4.69) is 15.0 Å². The van der Waals surface area contributed by atoms with Crippen LogP contribution in [0, 0.1) is 0 Å². The number of hydrogen-bond donors (Lipinski definition) is 2. The van der Waals surface area contributed by atoms with Crippen molar-refractivity contribution in [1.82, 2.24) is 4.98 Å². The van der Waals surface area contributed by atoms with Crippen molar-refractivity contribution in [1.29, 1.82) is 0 Å². The highest BCUT2D eigenvalue weighted by Crippen LogP contribution is 2.14. The van der Waals surface area contributed by atoms with Gasteiger partial charge >= 0.3 is 0 Å². The molecule has 2 N–H and O–H groups in total. The first-order valence-corrected chi connectivity index (χ1v) is 7.96. The Hall–Kier alpha value is -2.02. The topological polar surface area (TPSA) is 71.1 Å². The Labute approximate surface area is 119 Å². The fraction of sp³-hybridized carbons (Fsp3) is 0.154. The van der Waals surface area contributed by atoms with E-state index in [0.717, 1.165) is 17.4 Å². The van der Waals surface area contributed by atoms with Gasteiger partial charge in [-0.05, 0) is 23.7 Å². The fourth-order valence-electron chi connectivity index (χ4n) is 1.73. The largest absolute Gasteiger partial charge is 0.341 e. The summed E-state index contributed by atoms with van der Waals surface area (Å²) in [4.78, 5) is 4.26. The van der Waals surface area contributed by atoms with Crippen LogP contribution in [0.5, 0.6) is 0 Å². The van der Waals surface area contributed by atoms with Crippen LogP contribution < -0.4 is 15.5 Å². The van der Waals surface area contributed by atoms with Crippen LogP contribution in [0.3, 0.4) is 0 Å². The maximum absolute atomic E-state index is 11.2. The zero-order valence-corrected chi connectivity index (χ0v) is 12.1. The number of anilines is 3. The molecule has 0 saturated carbocycles. The average Bonchev–Trinajstić information content (AvgIpc) is 2.40. The van der Waals surface area contributed by atoms with Crippen molar-refractivity contribution in [2.45, 2.75) is 6.82 Å². The molecule has 0 aliphatic rings. The van der Waals surface area contributed by atoms with Gasteiger partial charge in [-0.2, -0.15) is 0 Å². The zero-order valence-electron chi connectivity index (χ0n) is 11.3. The third-order valence-electron chi connectivity index (χ3n) is 2.57. The lowest BCUT2D eigenvalue weighted by atomic mass is 9.73. The van der Waals surface area contributed by atoms with Crippen LogP contribution in [0.25, 0.3) is 0 Å². The maximum atomic E-state index is 11.2. The first-order valence-electron chi connectivity index (χ1n) is 6.07. The van der Waals surface area contributed by atoms with Crippen LogP contribution in [-0.2, 0) is 10.0 Å². The van der Waals surface area contributed by atoms with Crippen molar-refractivity contribution in [2.24, 2.45) is 0 Å². The Bertz CT molecular complexity index is 690. The Balaban J connectivity index is 2.26. The average molecular weight is 288 g/mol. The van der Waals surface area contributed by atoms with Gasteiger partial charge in [0.05, 0.1) is 18.1 Å². The Morgan fingerprint density at radius 2 is 1.85 bits per heavy atom. The van der Waals surface area contributed by atoms with Gasteiger partial charge in [0, 0.05) is 5.69 Å². The minimum Gasteiger partial charge on any atom is -0.341 e. The van der Waals surface area contributed by atoms with Gasteiger partial charge in [-0.15, -0.1) is 0 Å². The van der Waals surface area contributed by atoms with Crippen LogP contribution in [0.1, 0.15) is 0 Å². The van der Waals surface area contributed by atoms with E-state index in [0.29, 0.717) is 11.5 Å². The van der Waals surface area contributed by atoms with Crippen LogP contribution >= 0.6 is 0 Å². The van der Waals surface area contributed by atoms with E-state index in [9.17, 15) is 8.42 Å². The molecule has 2 rings (SSSR count). The lowest BCUT2D eigenvalue weighted by Gasteiger charge is -2.12. The minimum atomic E-state index is -3.30. The number of nitrogens with zero attached hydrogens (tertiary/aromatic N) is 1. The predicted molar refractivity (Wildman–Crippen MR) is 83.7 cm³/mol. The van der Waals surface area contributed by atoms with Crippen LogP contribution in [0.15, 0.2) is 42.6 Å². The van der Waals surface area contributed by atoms with E-state index in [1.54, 1.807) is 6.07 Å². The lowest BCUT2D eigenvalue weighted by molar-refractivity contribution is 0.607. The molecule has 0 fully saturated rings. The normalized spacial score (nSPS) is 10.9. The van der Waals surface area contributed by atoms with Gasteiger partial charge in [-0.3, -0.25) is 4.72 Å². The second-order valence-electron chi connectivity index (χ2n) is 4.32. The summed E-state index contributed by atoms with van der Waals surface area (Å²) in [7, 11) is -1.43. The molecule has 0 bridgehead atoms. The third kappa shape index (κ3) is 3.99. The molecule has 7 heteroatoms. The summed E-state index contributed by atoms with van der Waals surface area (Å²) in [5.41, 5.74) is 2.19. The quantitative estimate of drug-likeness (QED) is 0.819. The first-order chi connectivity index (χ1) is 9.48. The standard InChI is InChI=1S/C13H15BN3O2S/c1-14-12-8-11(17-20(2,18)19)9-15-13(12)16-10-6-4-3-5-7-10/h3-9,17H,1-2H3,(H,15,16). The Kier molecular flexibility index (Phi) is 4.29. The highest BCUT2D eigenvalue weighted by Gasteiger charge is 2.08. The second-order valence-corrected chi connectivity index (χ2v) is 6.06. The number of benzene rings is 1. The summed E-state index contributed by atoms with van der Waals surface area (Å²) in [6, 6.07) is 11.4. The summed E-state index contributed by atoms with van der Waals surface area (Å²) < 4.78 is 24.8. The molecule has 0 atom stereocenters. The molecule has 0 unspecified atom stereocenters.